The average molecular weight is 335 g/mol. The third-order valence-corrected chi connectivity index (χ3v) is 4.72. The maximum atomic E-state index is 12.6. The second kappa shape index (κ2) is 6.24. The summed E-state index contributed by atoms with van der Waals surface area (Å²) in [6.45, 7) is 2.81. The molecule has 3 rings (SSSR count). The van der Waals surface area contributed by atoms with Gasteiger partial charge in [-0.3, -0.25) is 9.59 Å². The van der Waals surface area contributed by atoms with E-state index in [4.69, 9.17) is 16.0 Å². The van der Waals surface area contributed by atoms with Gasteiger partial charge in [0.15, 0.2) is 5.76 Å². The van der Waals surface area contributed by atoms with Gasteiger partial charge in [-0.05, 0) is 37.1 Å². The highest BCUT2D eigenvalue weighted by molar-refractivity contribution is 6.31. The Balaban J connectivity index is 1.70. The first-order chi connectivity index (χ1) is 11.0. The van der Waals surface area contributed by atoms with E-state index in [1.54, 1.807) is 41.0 Å². The second-order valence-electron chi connectivity index (χ2n) is 5.95. The number of likely N-dealkylation sites (tertiary alicyclic amines) is 1. The van der Waals surface area contributed by atoms with Crippen molar-refractivity contribution in [2.75, 3.05) is 20.1 Å². The fourth-order valence-corrected chi connectivity index (χ4v) is 3.17. The van der Waals surface area contributed by atoms with E-state index >= 15 is 0 Å². The molecule has 1 aromatic heterocycles. The molecule has 0 saturated carbocycles. The van der Waals surface area contributed by atoms with Crippen LogP contribution in [0.5, 0.6) is 0 Å². The summed E-state index contributed by atoms with van der Waals surface area (Å²) in [4.78, 5) is 27.5. The van der Waals surface area contributed by atoms with Gasteiger partial charge in [0.2, 0.25) is 5.91 Å². The fourth-order valence-electron chi connectivity index (χ4n) is 2.99. The van der Waals surface area contributed by atoms with E-state index in [-0.39, 0.29) is 17.9 Å². The summed E-state index contributed by atoms with van der Waals surface area (Å²) in [6, 6.07) is 7.22. The monoisotopic (exact) mass is 334 g/mol. The Bertz CT molecular complexity index is 747. The first kappa shape index (κ1) is 15.9. The van der Waals surface area contributed by atoms with Crippen LogP contribution in [0.1, 0.15) is 30.3 Å². The lowest BCUT2D eigenvalue weighted by Crippen LogP contribution is -2.46. The Labute approximate surface area is 139 Å². The molecular weight excluding hydrogens is 316 g/mol. The van der Waals surface area contributed by atoms with Crippen molar-refractivity contribution in [1.82, 2.24) is 9.80 Å². The molecule has 122 valence electrons. The van der Waals surface area contributed by atoms with E-state index in [1.807, 2.05) is 7.05 Å². The zero-order valence-electron chi connectivity index (χ0n) is 13.2. The number of carbonyl (C=O) groups is 2. The largest absolute Gasteiger partial charge is 0.451 e. The Hall–Kier alpha value is -2.01. The molecule has 5 nitrogen and oxygen atoms in total. The van der Waals surface area contributed by atoms with Crippen LogP contribution in [0.3, 0.4) is 0 Å². The highest BCUT2D eigenvalue weighted by Gasteiger charge is 2.28. The summed E-state index contributed by atoms with van der Waals surface area (Å²) in [5.74, 6) is 0.283. The molecule has 2 amide bonds. The number of amides is 2. The maximum Gasteiger partial charge on any atom is 0.289 e. The number of carbonyl (C=O) groups excluding carboxylic acids is 2. The van der Waals surface area contributed by atoms with Gasteiger partial charge in [0.05, 0.1) is 0 Å². The summed E-state index contributed by atoms with van der Waals surface area (Å²) in [7, 11) is 1.81. The molecule has 0 spiro atoms. The zero-order valence-corrected chi connectivity index (χ0v) is 14.0. The molecule has 1 saturated heterocycles. The molecule has 1 aliphatic heterocycles. The van der Waals surface area contributed by atoms with Gasteiger partial charge in [0, 0.05) is 43.5 Å². The van der Waals surface area contributed by atoms with Crippen LogP contribution in [0.2, 0.25) is 5.02 Å². The van der Waals surface area contributed by atoms with Crippen molar-refractivity contribution in [1.29, 1.82) is 0 Å². The van der Waals surface area contributed by atoms with Crippen LogP contribution in [0.25, 0.3) is 11.0 Å². The molecule has 2 aromatic rings. The number of halogens is 1. The number of fused-ring (bicyclic) bond motifs is 1. The average Bonchev–Trinajstić information content (AvgIpc) is 2.96. The van der Waals surface area contributed by atoms with Crippen molar-refractivity contribution < 1.29 is 14.0 Å². The van der Waals surface area contributed by atoms with E-state index in [9.17, 15) is 9.59 Å². The van der Waals surface area contributed by atoms with Gasteiger partial charge in [0.25, 0.3) is 5.91 Å². The van der Waals surface area contributed by atoms with Crippen molar-refractivity contribution in [3.63, 3.8) is 0 Å². The molecule has 6 heteroatoms. The first-order valence-electron chi connectivity index (χ1n) is 7.67. The molecule has 2 heterocycles. The third-order valence-electron chi connectivity index (χ3n) is 4.49. The van der Waals surface area contributed by atoms with Gasteiger partial charge in [-0.15, -0.1) is 0 Å². The Morgan fingerprint density at radius 1 is 1.26 bits per heavy atom. The van der Waals surface area contributed by atoms with Gasteiger partial charge in [-0.25, -0.2) is 0 Å². The molecule has 1 aromatic carbocycles. The number of rotatable bonds is 2. The molecule has 0 aliphatic carbocycles. The van der Waals surface area contributed by atoms with Gasteiger partial charge in [0.1, 0.15) is 5.58 Å². The zero-order chi connectivity index (χ0) is 16.6. The quantitative estimate of drug-likeness (QED) is 0.847. The van der Waals surface area contributed by atoms with Crippen LogP contribution in [0.15, 0.2) is 28.7 Å². The van der Waals surface area contributed by atoms with Crippen molar-refractivity contribution in [3.05, 3.63) is 35.0 Å². The van der Waals surface area contributed by atoms with Gasteiger partial charge in [-0.1, -0.05) is 11.6 Å². The number of nitrogens with zero attached hydrogens (tertiary/aromatic N) is 2. The third kappa shape index (κ3) is 3.20. The number of furan rings is 1. The highest BCUT2D eigenvalue weighted by atomic mass is 35.5. The van der Waals surface area contributed by atoms with Crippen LogP contribution < -0.4 is 0 Å². The maximum absolute atomic E-state index is 12.6. The Kier molecular flexibility index (Phi) is 4.31. The van der Waals surface area contributed by atoms with Crippen molar-refractivity contribution in [2.45, 2.75) is 25.8 Å². The Morgan fingerprint density at radius 2 is 1.96 bits per heavy atom. The van der Waals surface area contributed by atoms with E-state index in [0.717, 1.165) is 18.2 Å². The van der Waals surface area contributed by atoms with E-state index in [0.29, 0.717) is 29.5 Å². The Morgan fingerprint density at radius 3 is 2.61 bits per heavy atom. The fraction of sp³-hybridized carbons (Fsp3) is 0.412. The normalized spacial score (nSPS) is 15.9. The van der Waals surface area contributed by atoms with Crippen LogP contribution in [0, 0.1) is 0 Å². The van der Waals surface area contributed by atoms with Gasteiger partial charge in [-0.2, -0.15) is 0 Å². The van der Waals surface area contributed by atoms with Gasteiger partial charge < -0.3 is 14.2 Å². The molecule has 0 unspecified atom stereocenters. The number of benzene rings is 1. The summed E-state index contributed by atoms with van der Waals surface area (Å²) in [5, 5.41) is 1.44. The molecular formula is C17H19ClN2O3. The standard InChI is InChI=1S/C17H19ClN2O3/c1-11(21)19(2)14-5-7-20(8-6-14)17(22)16-10-12-9-13(18)3-4-15(12)23-16/h3-4,9-10,14H,5-8H2,1-2H3. The summed E-state index contributed by atoms with van der Waals surface area (Å²) >= 11 is 5.96. The SMILES string of the molecule is CC(=O)N(C)C1CCN(C(=O)c2cc3cc(Cl)ccc3o2)CC1. The van der Waals surface area contributed by atoms with E-state index < -0.39 is 0 Å². The predicted molar refractivity (Wildman–Crippen MR) is 88.6 cm³/mol. The second-order valence-corrected chi connectivity index (χ2v) is 6.38. The molecule has 1 fully saturated rings. The molecule has 1 aliphatic rings. The number of hydrogen-bond acceptors (Lipinski definition) is 3. The van der Waals surface area contributed by atoms with Gasteiger partial charge >= 0.3 is 0 Å². The number of piperidine rings is 1. The molecule has 0 atom stereocenters. The smallest absolute Gasteiger partial charge is 0.289 e. The topological polar surface area (TPSA) is 53.8 Å². The summed E-state index contributed by atoms with van der Waals surface area (Å²) < 4.78 is 5.64. The lowest BCUT2D eigenvalue weighted by Gasteiger charge is -2.36. The molecule has 0 radical (unpaired) electrons. The minimum Gasteiger partial charge on any atom is -0.451 e. The number of hydrogen-bond donors (Lipinski definition) is 0. The molecule has 0 bridgehead atoms. The van der Waals surface area contributed by atoms with Crippen LogP contribution >= 0.6 is 11.6 Å². The summed E-state index contributed by atoms with van der Waals surface area (Å²) in [6.07, 6.45) is 1.57. The lowest BCUT2D eigenvalue weighted by molar-refractivity contribution is -0.130. The minimum absolute atomic E-state index is 0.0592. The lowest BCUT2D eigenvalue weighted by atomic mass is 10.0. The van der Waals surface area contributed by atoms with E-state index in [1.165, 1.54) is 0 Å². The van der Waals surface area contributed by atoms with Crippen molar-refractivity contribution in [3.8, 4) is 0 Å². The first-order valence-corrected chi connectivity index (χ1v) is 8.05. The molecule has 23 heavy (non-hydrogen) atoms. The summed E-state index contributed by atoms with van der Waals surface area (Å²) in [5.41, 5.74) is 0.656. The van der Waals surface area contributed by atoms with Crippen molar-refractivity contribution in [2.24, 2.45) is 0 Å². The van der Waals surface area contributed by atoms with Crippen molar-refractivity contribution >= 4 is 34.4 Å². The van der Waals surface area contributed by atoms with E-state index in [2.05, 4.69) is 0 Å². The van der Waals surface area contributed by atoms with Crippen LogP contribution in [0.4, 0.5) is 0 Å². The van der Waals surface area contributed by atoms with Crippen LogP contribution in [-0.4, -0.2) is 47.8 Å². The molecule has 0 N–H and O–H groups in total. The predicted octanol–water partition coefficient (Wildman–Crippen LogP) is 3.17. The van der Waals surface area contributed by atoms with Crippen LogP contribution in [-0.2, 0) is 4.79 Å². The highest BCUT2D eigenvalue weighted by Crippen LogP contribution is 2.25. The minimum atomic E-state index is -0.110.